The monoisotopic (exact) mass is 189 g/mol. The molecule has 0 spiro atoms. The summed E-state index contributed by atoms with van der Waals surface area (Å²) in [5.41, 5.74) is -4.26. The number of hydrogen-bond acceptors (Lipinski definition) is 2. The zero-order valence-electron chi connectivity index (χ0n) is 5.40. The van der Waals surface area contributed by atoms with Gasteiger partial charge < -0.3 is 4.90 Å². The largest absolute Gasteiger partial charge is 0.448 e. The van der Waals surface area contributed by atoms with Crippen molar-refractivity contribution in [3.63, 3.8) is 0 Å². The van der Waals surface area contributed by atoms with E-state index in [4.69, 9.17) is 0 Å². The van der Waals surface area contributed by atoms with Crippen molar-refractivity contribution in [2.45, 2.75) is 5.51 Å². The number of nitrogens with zero attached hydrogens (tertiary/aromatic N) is 1. The molecular formula is C4H6F3NS2. The normalized spacial score (nSPS) is 11.3. The lowest BCUT2D eigenvalue weighted by molar-refractivity contribution is -0.0317. The van der Waals surface area contributed by atoms with Gasteiger partial charge in [-0.05, 0) is 0 Å². The highest BCUT2D eigenvalue weighted by Crippen LogP contribution is 2.31. The zero-order valence-corrected chi connectivity index (χ0v) is 7.03. The second-order valence-electron chi connectivity index (χ2n) is 1.71. The third kappa shape index (κ3) is 4.87. The molecule has 0 saturated carbocycles. The van der Waals surface area contributed by atoms with E-state index < -0.39 is 5.51 Å². The number of rotatable bonds is 0. The maximum atomic E-state index is 11.5. The van der Waals surface area contributed by atoms with Gasteiger partial charge in [0.05, 0.1) is 0 Å². The molecule has 6 heteroatoms. The van der Waals surface area contributed by atoms with Crippen molar-refractivity contribution in [3.05, 3.63) is 0 Å². The lowest BCUT2D eigenvalue weighted by Gasteiger charge is -2.13. The maximum Gasteiger partial charge on any atom is 0.448 e. The third-order valence-corrected chi connectivity index (χ3v) is 1.95. The second-order valence-corrected chi connectivity index (χ2v) is 3.41. The number of hydrogen-bond donors (Lipinski definition) is 0. The second kappa shape index (κ2) is 3.43. The summed E-state index contributed by atoms with van der Waals surface area (Å²) in [6.45, 7) is 0. The van der Waals surface area contributed by atoms with Gasteiger partial charge in [-0.25, -0.2) is 0 Å². The Morgan fingerprint density at radius 3 is 1.90 bits per heavy atom. The van der Waals surface area contributed by atoms with E-state index in [-0.39, 0.29) is 16.1 Å². The van der Waals surface area contributed by atoms with Gasteiger partial charge in [-0.1, -0.05) is 12.2 Å². The van der Waals surface area contributed by atoms with Crippen molar-refractivity contribution in [3.8, 4) is 0 Å². The molecule has 0 bridgehead atoms. The van der Waals surface area contributed by atoms with Gasteiger partial charge in [0, 0.05) is 25.9 Å². The zero-order chi connectivity index (χ0) is 8.36. The molecule has 0 aliphatic heterocycles. The first-order chi connectivity index (χ1) is 4.33. The van der Waals surface area contributed by atoms with Gasteiger partial charge in [0.1, 0.15) is 4.32 Å². The van der Waals surface area contributed by atoms with Crippen molar-refractivity contribution < 1.29 is 13.2 Å². The van der Waals surface area contributed by atoms with Gasteiger partial charge in [-0.3, -0.25) is 0 Å². The average Bonchev–Trinajstić information content (AvgIpc) is 1.60. The fourth-order valence-electron chi connectivity index (χ4n) is 0.190. The van der Waals surface area contributed by atoms with E-state index in [1.807, 2.05) is 0 Å². The molecule has 0 atom stereocenters. The summed E-state index contributed by atoms with van der Waals surface area (Å²) in [7, 11) is 2.95. The number of thioether (sulfide) groups is 1. The van der Waals surface area contributed by atoms with E-state index in [2.05, 4.69) is 12.2 Å². The highest BCUT2D eigenvalue weighted by Gasteiger charge is 2.31. The molecule has 10 heavy (non-hydrogen) atoms. The van der Waals surface area contributed by atoms with Crippen LogP contribution in [0.4, 0.5) is 13.2 Å². The van der Waals surface area contributed by atoms with Crippen LogP contribution in [-0.4, -0.2) is 28.8 Å². The minimum Gasteiger partial charge on any atom is -0.363 e. The van der Waals surface area contributed by atoms with Crippen molar-refractivity contribution in [1.82, 2.24) is 4.90 Å². The summed E-state index contributed by atoms with van der Waals surface area (Å²) in [4.78, 5) is 1.24. The van der Waals surface area contributed by atoms with Gasteiger partial charge in [0.2, 0.25) is 0 Å². The van der Waals surface area contributed by atoms with E-state index in [1.54, 1.807) is 0 Å². The van der Waals surface area contributed by atoms with Crippen LogP contribution in [0.25, 0.3) is 0 Å². The van der Waals surface area contributed by atoms with Crippen LogP contribution in [0, 0.1) is 0 Å². The molecule has 60 valence electrons. The first-order valence-corrected chi connectivity index (χ1v) is 3.52. The van der Waals surface area contributed by atoms with E-state index in [0.717, 1.165) is 0 Å². The Labute approximate surface area is 66.6 Å². The van der Waals surface area contributed by atoms with E-state index in [0.29, 0.717) is 0 Å². The molecule has 0 heterocycles. The molecule has 0 rings (SSSR count). The van der Waals surface area contributed by atoms with Crippen LogP contribution in [-0.2, 0) is 0 Å². The lowest BCUT2D eigenvalue weighted by Crippen LogP contribution is -2.20. The number of alkyl halides is 3. The molecule has 0 aliphatic carbocycles. The van der Waals surface area contributed by atoms with Crippen LogP contribution in [0.1, 0.15) is 0 Å². The first kappa shape index (κ1) is 10.0. The average molecular weight is 189 g/mol. The summed E-state index contributed by atoms with van der Waals surface area (Å²) in [5.74, 6) is 0. The van der Waals surface area contributed by atoms with Crippen molar-refractivity contribution >= 4 is 28.3 Å². The minimum absolute atomic E-state index is 0.174. The SMILES string of the molecule is CN(C)C(=S)SC(F)(F)F. The van der Waals surface area contributed by atoms with Crippen LogP contribution in [0.3, 0.4) is 0 Å². The molecule has 0 aromatic heterocycles. The number of thiocarbonyl (C=S) groups is 1. The molecule has 0 fully saturated rings. The molecule has 0 amide bonds. The van der Waals surface area contributed by atoms with Crippen molar-refractivity contribution in [1.29, 1.82) is 0 Å². The van der Waals surface area contributed by atoms with Crippen molar-refractivity contribution in [2.75, 3.05) is 14.1 Å². The third-order valence-electron chi connectivity index (χ3n) is 0.568. The van der Waals surface area contributed by atoms with Crippen molar-refractivity contribution in [2.24, 2.45) is 0 Å². The molecule has 0 unspecified atom stereocenters. The fourth-order valence-corrected chi connectivity index (χ4v) is 0.854. The lowest BCUT2D eigenvalue weighted by atomic mass is 11.0. The summed E-state index contributed by atoms with van der Waals surface area (Å²) in [6, 6.07) is 0. The molecule has 0 radical (unpaired) electrons. The first-order valence-electron chi connectivity index (χ1n) is 2.30. The predicted molar refractivity (Wildman–Crippen MR) is 39.9 cm³/mol. The fraction of sp³-hybridized carbons (Fsp3) is 0.750. The topological polar surface area (TPSA) is 3.24 Å². The molecule has 0 saturated heterocycles. The summed E-state index contributed by atoms with van der Waals surface area (Å²) < 4.78 is 34.4. The van der Waals surface area contributed by atoms with E-state index >= 15 is 0 Å². The summed E-state index contributed by atoms with van der Waals surface area (Å²) in [5, 5.41) is 0. The van der Waals surface area contributed by atoms with Crippen LogP contribution in [0.2, 0.25) is 0 Å². The van der Waals surface area contributed by atoms with Gasteiger partial charge in [-0.15, -0.1) is 0 Å². The molecule has 0 aliphatic rings. The summed E-state index contributed by atoms with van der Waals surface area (Å²) >= 11 is 4.12. The molecule has 0 aromatic rings. The maximum absolute atomic E-state index is 11.5. The Morgan fingerprint density at radius 1 is 1.40 bits per heavy atom. The summed E-state index contributed by atoms with van der Waals surface area (Å²) in [6.07, 6.45) is 0. The predicted octanol–water partition coefficient (Wildman–Crippen LogP) is 2.09. The Balaban J connectivity index is 3.81. The van der Waals surface area contributed by atoms with E-state index in [9.17, 15) is 13.2 Å². The molecule has 1 nitrogen and oxygen atoms in total. The standard InChI is InChI=1S/C4H6F3NS2/c1-8(2)3(9)10-4(5,6)7/h1-2H3. The van der Waals surface area contributed by atoms with Crippen LogP contribution < -0.4 is 0 Å². The van der Waals surface area contributed by atoms with Gasteiger partial charge in [0.25, 0.3) is 0 Å². The smallest absolute Gasteiger partial charge is 0.363 e. The molecular weight excluding hydrogens is 183 g/mol. The van der Waals surface area contributed by atoms with Gasteiger partial charge in [0.15, 0.2) is 0 Å². The number of halogens is 3. The van der Waals surface area contributed by atoms with Crippen LogP contribution in [0.5, 0.6) is 0 Å². The van der Waals surface area contributed by atoms with Gasteiger partial charge >= 0.3 is 5.51 Å². The highest BCUT2D eigenvalue weighted by atomic mass is 32.2. The minimum atomic E-state index is -4.26. The highest BCUT2D eigenvalue weighted by molar-refractivity contribution is 8.23. The van der Waals surface area contributed by atoms with Crippen LogP contribution in [0.15, 0.2) is 0 Å². The Kier molecular flexibility index (Phi) is 3.44. The van der Waals surface area contributed by atoms with Gasteiger partial charge in [-0.2, -0.15) is 13.2 Å². The van der Waals surface area contributed by atoms with E-state index in [1.165, 1.54) is 19.0 Å². The molecule has 0 aromatic carbocycles. The van der Waals surface area contributed by atoms with Crippen LogP contribution >= 0.6 is 24.0 Å². The Hall–Kier alpha value is 0.0300. The Bertz CT molecular complexity index is 131. The molecule has 0 N–H and O–H groups in total. The quantitative estimate of drug-likeness (QED) is 0.537. The Morgan fingerprint density at radius 2 is 1.80 bits per heavy atom.